The van der Waals surface area contributed by atoms with Crippen LogP contribution in [-0.2, 0) is 0 Å². The van der Waals surface area contributed by atoms with Gasteiger partial charge in [0, 0.05) is 11.8 Å². The number of amidine groups is 1. The number of fused-ring (bicyclic) bond motifs is 1. The molecule has 2 aliphatic heterocycles. The molecule has 24 heavy (non-hydrogen) atoms. The molecule has 1 aromatic carbocycles. The van der Waals surface area contributed by atoms with E-state index >= 15 is 0 Å². The number of rotatable bonds is 2. The highest BCUT2D eigenvalue weighted by Gasteiger charge is 2.21. The Kier molecular flexibility index (Phi) is 3.85. The van der Waals surface area contributed by atoms with Gasteiger partial charge in [0.15, 0.2) is 22.4 Å². The van der Waals surface area contributed by atoms with Crippen molar-refractivity contribution >= 4 is 22.8 Å². The minimum absolute atomic E-state index is 0.278. The van der Waals surface area contributed by atoms with Gasteiger partial charge in [-0.15, -0.1) is 5.10 Å². The van der Waals surface area contributed by atoms with Gasteiger partial charge in [-0.2, -0.15) is 0 Å². The summed E-state index contributed by atoms with van der Waals surface area (Å²) in [6, 6.07) is 5.51. The van der Waals surface area contributed by atoms with Gasteiger partial charge < -0.3 is 9.47 Å². The number of aliphatic imine (C=N–C) groups is 1. The number of hydrogen-bond acceptors (Lipinski definition) is 7. The van der Waals surface area contributed by atoms with Gasteiger partial charge in [0.2, 0.25) is 0 Å². The maximum Gasteiger partial charge on any atom is 0.279 e. The number of amides is 1. The molecular formula is C15H15N5O3S. The van der Waals surface area contributed by atoms with E-state index in [4.69, 9.17) is 9.47 Å². The minimum Gasteiger partial charge on any atom is -0.486 e. The first-order valence-electron chi connectivity index (χ1n) is 7.53. The van der Waals surface area contributed by atoms with E-state index < -0.39 is 0 Å². The zero-order chi connectivity index (χ0) is 16.5. The van der Waals surface area contributed by atoms with Crippen LogP contribution in [-0.4, -0.2) is 51.6 Å². The number of nitrogens with zero attached hydrogens (tertiary/aromatic N) is 4. The number of nitrogens with one attached hydrogen (secondary N) is 1. The molecule has 3 heterocycles. The summed E-state index contributed by atoms with van der Waals surface area (Å²) in [5.41, 5.74) is 1.68. The molecule has 0 spiro atoms. The van der Waals surface area contributed by atoms with Crippen molar-refractivity contribution in [3.05, 3.63) is 29.6 Å². The van der Waals surface area contributed by atoms with Gasteiger partial charge in [-0.05, 0) is 19.1 Å². The molecule has 0 unspecified atom stereocenters. The van der Waals surface area contributed by atoms with Crippen LogP contribution in [0.3, 0.4) is 0 Å². The summed E-state index contributed by atoms with van der Waals surface area (Å²) < 4.78 is 12.7. The summed E-state index contributed by atoms with van der Waals surface area (Å²) in [5, 5.41) is 11.5. The maximum absolute atomic E-state index is 12.3. The number of carbonyl (C=O) groups excluding carboxylic acids is 1. The van der Waals surface area contributed by atoms with Crippen molar-refractivity contribution < 1.29 is 14.3 Å². The summed E-state index contributed by atoms with van der Waals surface area (Å²) in [6.45, 7) is 3.58. The molecule has 1 amide bonds. The fraction of sp³-hybridized carbons (Fsp3) is 0.333. The molecule has 0 radical (unpaired) electrons. The molecule has 8 nitrogen and oxygen atoms in total. The average molecular weight is 345 g/mol. The van der Waals surface area contributed by atoms with E-state index in [2.05, 4.69) is 20.6 Å². The fourth-order valence-corrected chi connectivity index (χ4v) is 3.24. The second kappa shape index (κ2) is 6.16. The van der Waals surface area contributed by atoms with Gasteiger partial charge in [0.05, 0.1) is 17.9 Å². The van der Waals surface area contributed by atoms with Crippen LogP contribution in [0.1, 0.15) is 16.2 Å². The van der Waals surface area contributed by atoms with Crippen molar-refractivity contribution in [1.29, 1.82) is 0 Å². The van der Waals surface area contributed by atoms with Crippen molar-refractivity contribution in [1.82, 2.24) is 20.3 Å². The van der Waals surface area contributed by atoms with E-state index in [1.165, 1.54) is 11.8 Å². The first-order chi connectivity index (χ1) is 11.7. The number of carbonyl (C=O) groups is 1. The van der Waals surface area contributed by atoms with Crippen LogP contribution in [0, 0.1) is 6.92 Å². The maximum atomic E-state index is 12.3. The van der Waals surface area contributed by atoms with Crippen molar-refractivity contribution in [3.8, 4) is 17.2 Å². The third-order valence-corrected chi connectivity index (χ3v) is 4.58. The third-order valence-electron chi connectivity index (χ3n) is 3.69. The second-order valence-corrected chi connectivity index (χ2v) is 6.34. The zero-order valence-electron chi connectivity index (χ0n) is 13.0. The highest BCUT2D eigenvalue weighted by atomic mass is 32.2. The van der Waals surface area contributed by atoms with Crippen molar-refractivity contribution in [2.45, 2.75) is 6.92 Å². The largest absolute Gasteiger partial charge is 0.486 e. The van der Waals surface area contributed by atoms with Crippen LogP contribution < -0.4 is 14.8 Å². The van der Waals surface area contributed by atoms with Crippen LogP contribution >= 0.6 is 11.8 Å². The number of thioether (sulfide) groups is 1. The molecule has 0 saturated carbocycles. The fourth-order valence-electron chi connectivity index (χ4n) is 2.52. The van der Waals surface area contributed by atoms with Crippen molar-refractivity contribution in [2.24, 2.45) is 4.99 Å². The second-order valence-electron chi connectivity index (χ2n) is 5.25. The van der Waals surface area contributed by atoms with Gasteiger partial charge in [-0.3, -0.25) is 15.1 Å². The van der Waals surface area contributed by atoms with Gasteiger partial charge in [-0.1, -0.05) is 17.0 Å². The Morgan fingerprint density at radius 1 is 1.29 bits per heavy atom. The first kappa shape index (κ1) is 15.0. The SMILES string of the molecule is Cc1c(C(=O)NC2=NCCS2)nnn1-c1ccc2c(c1)OCCO2. The van der Waals surface area contributed by atoms with E-state index in [1.807, 2.05) is 18.2 Å². The van der Waals surface area contributed by atoms with Crippen LogP contribution in [0.25, 0.3) is 5.69 Å². The highest BCUT2D eigenvalue weighted by molar-refractivity contribution is 8.14. The standard InChI is InChI=1S/C15H15N5O3S/c1-9-13(14(21)17-15-16-4-7-24-15)18-19-20(9)10-2-3-11-12(8-10)23-6-5-22-11/h2-3,8H,4-7H2,1H3,(H,16,17,21). The first-order valence-corrected chi connectivity index (χ1v) is 8.52. The molecule has 0 aliphatic carbocycles. The van der Waals surface area contributed by atoms with E-state index in [-0.39, 0.29) is 11.6 Å². The van der Waals surface area contributed by atoms with Crippen LogP contribution in [0.4, 0.5) is 0 Å². The number of benzene rings is 1. The Labute approximate surface area is 142 Å². The van der Waals surface area contributed by atoms with Gasteiger partial charge in [0.1, 0.15) is 13.2 Å². The molecular weight excluding hydrogens is 330 g/mol. The predicted octanol–water partition coefficient (Wildman–Crippen LogP) is 1.18. The van der Waals surface area contributed by atoms with Crippen LogP contribution in [0.2, 0.25) is 0 Å². The normalized spacial score (nSPS) is 16.0. The van der Waals surface area contributed by atoms with Gasteiger partial charge >= 0.3 is 0 Å². The topological polar surface area (TPSA) is 90.6 Å². The van der Waals surface area contributed by atoms with E-state index in [0.717, 1.165) is 18.0 Å². The molecule has 4 rings (SSSR count). The number of ether oxygens (including phenoxy) is 2. The number of hydrogen-bond donors (Lipinski definition) is 1. The molecule has 0 saturated heterocycles. The number of aromatic nitrogens is 3. The molecule has 0 bridgehead atoms. The Morgan fingerprint density at radius 3 is 2.92 bits per heavy atom. The lowest BCUT2D eigenvalue weighted by atomic mass is 10.2. The molecule has 1 aromatic heterocycles. The Hall–Kier alpha value is -2.55. The van der Waals surface area contributed by atoms with Gasteiger partial charge in [0.25, 0.3) is 5.91 Å². The smallest absolute Gasteiger partial charge is 0.279 e. The molecule has 0 fully saturated rings. The molecule has 2 aromatic rings. The Morgan fingerprint density at radius 2 is 2.12 bits per heavy atom. The quantitative estimate of drug-likeness (QED) is 0.879. The van der Waals surface area contributed by atoms with Crippen molar-refractivity contribution in [3.63, 3.8) is 0 Å². The lowest BCUT2D eigenvalue weighted by molar-refractivity contribution is 0.0972. The molecule has 1 N–H and O–H groups in total. The summed E-state index contributed by atoms with van der Waals surface area (Å²) >= 11 is 1.52. The predicted molar refractivity (Wildman–Crippen MR) is 89.3 cm³/mol. The van der Waals surface area contributed by atoms with Crippen LogP contribution in [0.5, 0.6) is 11.5 Å². The van der Waals surface area contributed by atoms with E-state index in [9.17, 15) is 4.79 Å². The zero-order valence-corrected chi connectivity index (χ0v) is 13.8. The highest BCUT2D eigenvalue weighted by Crippen LogP contribution is 2.32. The average Bonchev–Trinajstić information content (AvgIpc) is 3.24. The monoisotopic (exact) mass is 345 g/mol. The minimum atomic E-state index is -0.301. The summed E-state index contributed by atoms with van der Waals surface area (Å²) in [4.78, 5) is 16.5. The van der Waals surface area contributed by atoms with E-state index in [0.29, 0.717) is 35.6 Å². The van der Waals surface area contributed by atoms with Crippen LogP contribution in [0.15, 0.2) is 23.2 Å². The molecule has 2 aliphatic rings. The molecule has 0 atom stereocenters. The summed E-state index contributed by atoms with van der Waals surface area (Å²) in [5.74, 6) is 1.95. The lowest BCUT2D eigenvalue weighted by Crippen LogP contribution is -2.28. The Bertz CT molecular complexity index is 833. The molecule has 124 valence electrons. The van der Waals surface area contributed by atoms with Gasteiger partial charge in [-0.25, -0.2) is 4.68 Å². The third kappa shape index (κ3) is 2.71. The summed E-state index contributed by atoms with van der Waals surface area (Å²) in [7, 11) is 0. The van der Waals surface area contributed by atoms with Crippen molar-refractivity contribution in [2.75, 3.05) is 25.5 Å². The summed E-state index contributed by atoms with van der Waals surface area (Å²) in [6.07, 6.45) is 0. The lowest BCUT2D eigenvalue weighted by Gasteiger charge is -2.18. The van der Waals surface area contributed by atoms with E-state index in [1.54, 1.807) is 11.6 Å². The molecule has 9 heteroatoms. The Balaban J connectivity index is 1.61.